The number of nitrogens with zero attached hydrogens (tertiary/aromatic N) is 1. The first-order chi connectivity index (χ1) is 14.1. The topological polar surface area (TPSA) is 58.6 Å². The summed E-state index contributed by atoms with van der Waals surface area (Å²) < 4.78 is 19.1. The minimum absolute atomic E-state index is 0.0633. The van der Waals surface area contributed by atoms with E-state index in [0.717, 1.165) is 5.56 Å². The van der Waals surface area contributed by atoms with Gasteiger partial charge in [-0.3, -0.25) is 9.59 Å². The van der Waals surface area contributed by atoms with E-state index < -0.39 is 11.9 Å². The molecule has 1 unspecified atom stereocenters. The van der Waals surface area contributed by atoms with Crippen molar-refractivity contribution in [2.24, 2.45) is 0 Å². The van der Waals surface area contributed by atoms with Crippen LogP contribution in [0.2, 0.25) is 0 Å². The summed E-state index contributed by atoms with van der Waals surface area (Å²) >= 11 is 0. The van der Waals surface area contributed by atoms with Crippen LogP contribution in [-0.2, 0) is 11.3 Å². The van der Waals surface area contributed by atoms with Crippen molar-refractivity contribution in [2.75, 3.05) is 11.4 Å². The van der Waals surface area contributed by atoms with E-state index in [1.165, 1.54) is 29.2 Å². The average Bonchev–Trinajstić information content (AvgIpc) is 2.77. The van der Waals surface area contributed by atoms with E-state index in [2.05, 4.69) is 5.32 Å². The third kappa shape index (κ3) is 4.11. The molecule has 0 spiro atoms. The Morgan fingerprint density at radius 1 is 0.966 bits per heavy atom. The van der Waals surface area contributed by atoms with Gasteiger partial charge in [0, 0.05) is 12.1 Å². The van der Waals surface area contributed by atoms with E-state index in [1.54, 1.807) is 24.3 Å². The molecule has 4 rings (SSSR count). The number of halogens is 1. The molecule has 0 saturated heterocycles. The van der Waals surface area contributed by atoms with Crippen molar-refractivity contribution < 1.29 is 18.7 Å². The molecule has 146 valence electrons. The number of rotatable bonds is 4. The zero-order valence-electron chi connectivity index (χ0n) is 15.5. The van der Waals surface area contributed by atoms with Gasteiger partial charge in [-0.1, -0.05) is 42.5 Å². The van der Waals surface area contributed by atoms with Gasteiger partial charge in [0.25, 0.3) is 11.8 Å². The van der Waals surface area contributed by atoms with E-state index in [1.807, 2.05) is 30.3 Å². The average molecular weight is 390 g/mol. The van der Waals surface area contributed by atoms with Crippen LogP contribution >= 0.6 is 0 Å². The summed E-state index contributed by atoms with van der Waals surface area (Å²) in [5.41, 5.74) is 1.89. The molecule has 0 aromatic heterocycles. The van der Waals surface area contributed by atoms with Crippen LogP contribution in [0.15, 0.2) is 78.9 Å². The van der Waals surface area contributed by atoms with Gasteiger partial charge >= 0.3 is 0 Å². The first-order valence-corrected chi connectivity index (χ1v) is 9.26. The van der Waals surface area contributed by atoms with Crippen molar-refractivity contribution in [1.82, 2.24) is 5.32 Å². The number of para-hydroxylation sites is 2. The van der Waals surface area contributed by atoms with Crippen LogP contribution in [0.5, 0.6) is 5.75 Å². The molecule has 6 heteroatoms. The largest absolute Gasteiger partial charge is 0.477 e. The minimum atomic E-state index is -0.849. The van der Waals surface area contributed by atoms with Gasteiger partial charge in [-0.25, -0.2) is 4.39 Å². The number of fused-ring (bicyclic) bond motifs is 1. The Balaban J connectivity index is 1.54. The molecule has 0 radical (unpaired) electrons. The summed E-state index contributed by atoms with van der Waals surface area (Å²) in [6.07, 6.45) is -0.849. The number of carbonyl (C=O) groups is 2. The highest BCUT2D eigenvalue weighted by Gasteiger charge is 2.34. The second kappa shape index (κ2) is 8.14. The van der Waals surface area contributed by atoms with Crippen molar-refractivity contribution in [1.29, 1.82) is 0 Å². The Bertz CT molecular complexity index is 1020. The summed E-state index contributed by atoms with van der Waals surface area (Å²) in [6, 6.07) is 21.9. The molecule has 0 aliphatic carbocycles. The molecule has 29 heavy (non-hydrogen) atoms. The summed E-state index contributed by atoms with van der Waals surface area (Å²) in [4.78, 5) is 27.2. The van der Waals surface area contributed by atoms with Crippen molar-refractivity contribution in [2.45, 2.75) is 12.6 Å². The number of nitrogens with one attached hydrogen (secondary N) is 1. The highest BCUT2D eigenvalue weighted by molar-refractivity contribution is 6.07. The van der Waals surface area contributed by atoms with Gasteiger partial charge in [-0.15, -0.1) is 0 Å². The van der Waals surface area contributed by atoms with Crippen LogP contribution < -0.4 is 15.0 Å². The molecule has 1 aliphatic rings. The Morgan fingerprint density at radius 2 is 1.66 bits per heavy atom. The molecular weight excluding hydrogens is 371 g/mol. The van der Waals surface area contributed by atoms with Crippen molar-refractivity contribution in [3.05, 3.63) is 95.8 Å². The number of amides is 2. The van der Waals surface area contributed by atoms with Gasteiger partial charge in [0.1, 0.15) is 11.6 Å². The summed E-state index contributed by atoms with van der Waals surface area (Å²) in [5.74, 6) is -0.585. The molecule has 0 bridgehead atoms. The van der Waals surface area contributed by atoms with Gasteiger partial charge in [-0.2, -0.15) is 0 Å². The lowest BCUT2D eigenvalue weighted by molar-refractivity contribution is -0.127. The van der Waals surface area contributed by atoms with Crippen molar-refractivity contribution in [3.8, 4) is 5.75 Å². The standard InChI is InChI=1S/C23H19FN2O3/c24-18-12-10-17(11-13-18)23(28)26-15-21(29-20-9-5-4-8-19(20)26)22(27)25-14-16-6-2-1-3-7-16/h1-13,21H,14-15H2,(H,25,27). The lowest BCUT2D eigenvalue weighted by Gasteiger charge is -2.34. The molecule has 0 fully saturated rings. The highest BCUT2D eigenvalue weighted by Crippen LogP contribution is 2.34. The lowest BCUT2D eigenvalue weighted by atomic mass is 10.1. The van der Waals surface area contributed by atoms with E-state index in [4.69, 9.17) is 4.74 Å². The maximum absolute atomic E-state index is 13.2. The van der Waals surface area contributed by atoms with Crippen molar-refractivity contribution in [3.63, 3.8) is 0 Å². The molecule has 3 aromatic carbocycles. The van der Waals surface area contributed by atoms with Crippen LogP contribution in [0.4, 0.5) is 10.1 Å². The predicted octanol–water partition coefficient (Wildman–Crippen LogP) is 3.55. The van der Waals surface area contributed by atoms with Crippen LogP contribution in [0.3, 0.4) is 0 Å². The Morgan fingerprint density at radius 3 is 2.41 bits per heavy atom. The fourth-order valence-corrected chi connectivity index (χ4v) is 3.21. The normalized spacial score (nSPS) is 15.2. The zero-order chi connectivity index (χ0) is 20.2. The van der Waals surface area contributed by atoms with E-state index >= 15 is 0 Å². The summed E-state index contributed by atoms with van der Waals surface area (Å²) in [7, 11) is 0. The third-order valence-corrected chi connectivity index (χ3v) is 4.71. The molecule has 3 aromatic rings. The number of ether oxygens (including phenoxy) is 1. The van der Waals surface area contributed by atoms with E-state index in [0.29, 0.717) is 23.5 Å². The summed E-state index contributed by atoms with van der Waals surface area (Å²) in [5, 5.41) is 2.85. The first kappa shape index (κ1) is 18.7. The van der Waals surface area contributed by atoms with Crippen LogP contribution in [0.25, 0.3) is 0 Å². The molecule has 1 atom stereocenters. The SMILES string of the molecule is O=C(NCc1ccccc1)C1CN(C(=O)c2ccc(F)cc2)c2ccccc2O1. The molecule has 5 nitrogen and oxygen atoms in total. The number of hydrogen-bond donors (Lipinski definition) is 1. The van der Waals surface area contributed by atoms with Gasteiger partial charge < -0.3 is 15.0 Å². The smallest absolute Gasteiger partial charge is 0.263 e. The highest BCUT2D eigenvalue weighted by atomic mass is 19.1. The minimum Gasteiger partial charge on any atom is -0.477 e. The molecule has 1 heterocycles. The van der Waals surface area contributed by atoms with Gasteiger partial charge in [0.2, 0.25) is 0 Å². The fourth-order valence-electron chi connectivity index (χ4n) is 3.21. The molecule has 0 saturated carbocycles. The number of carbonyl (C=O) groups excluding carboxylic acids is 2. The summed E-state index contributed by atoms with van der Waals surface area (Å²) in [6.45, 7) is 0.431. The number of hydrogen-bond acceptors (Lipinski definition) is 3. The fraction of sp³-hybridized carbons (Fsp3) is 0.130. The number of benzene rings is 3. The predicted molar refractivity (Wildman–Crippen MR) is 107 cm³/mol. The van der Waals surface area contributed by atoms with E-state index in [9.17, 15) is 14.0 Å². The van der Waals surface area contributed by atoms with Crippen LogP contribution in [0.1, 0.15) is 15.9 Å². The Kier molecular flexibility index (Phi) is 5.24. The Hall–Kier alpha value is -3.67. The number of anilines is 1. The Labute approximate surface area is 167 Å². The first-order valence-electron chi connectivity index (χ1n) is 9.26. The van der Waals surface area contributed by atoms with Gasteiger partial charge in [0.05, 0.1) is 12.2 Å². The molecular formula is C23H19FN2O3. The van der Waals surface area contributed by atoms with Gasteiger partial charge in [0.15, 0.2) is 6.10 Å². The monoisotopic (exact) mass is 390 g/mol. The van der Waals surface area contributed by atoms with Crippen molar-refractivity contribution >= 4 is 17.5 Å². The maximum atomic E-state index is 13.2. The maximum Gasteiger partial charge on any atom is 0.263 e. The van der Waals surface area contributed by atoms with Crippen LogP contribution in [-0.4, -0.2) is 24.5 Å². The molecule has 2 amide bonds. The molecule has 1 aliphatic heterocycles. The van der Waals surface area contributed by atoms with Crippen LogP contribution in [0, 0.1) is 5.82 Å². The lowest BCUT2D eigenvalue weighted by Crippen LogP contribution is -2.50. The third-order valence-electron chi connectivity index (χ3n) is 4.71. The second-order valence-electron chi connectivity index (χ2n) is 6.70. The second-order valence-corrected chi connectivity index (χ2v) is 6.70. The van der Waals surface area contributed by atoms with E-state index in [-0.39, 0.29) is 18.4 Å². The van der Waals surface area contributed by atoms with Gasteiger partial charge in [-0.05, 0) is 42.0 Å². The molecule has 1 N–H and O–H groups in total. The quantitative estimate of drug-likeness (QED) is 0.741. The zero-order valence-corrected chi connectivity index (χ0v) is 15.5.